The fraction of sp³-hybridized carbons (Fsp3) is 0.378. The minimum atomic E-state index is -0.313. The number of amides is 2. The quantitative estimate of drug-likeness (QED) is 0.166. The standard InChI is InChI=1S/C37H37N13O2S/c38-9-10-40-30-18-31(32-4-2-27-17-25(19-39)20-43-50(27)32)41-22-29(30)36-45-46-37(53-36)49-15-13-47(14-16-49)23-24-7-11-48(12-8-24)33-5-1-26(21-42-33)28-3-6-34(51)44-35(28)52/h1-2,4-5,17-18,20-22,24,28H,3,6-8,10-16,23H2,(H,40,41)(H,44,51,52). The molecule has 16 heteroatoms. The lowest BCUT2D eigenvalue weighted by molar-refractivity contribution is -0.134. The van der Waals surface area contributed by atoms with E-state index >= 15 is 0 Å². The third-order valence-corrected chi connectivity index (χ3v) is 11.3. The van der Waals surface area contributed by atoms with Crippen LogP contribution >= 0.6 is 11.3 Å². The fourth-order valence-electron chi connectivity index (χ4n) is 7.39. The van der Waals surface area contributed by atoms with Gasteiger partial charge in [-0.3, -0.25) is 24.8 Å². The van der Waals surface area contributed by atoms with E-state index in [2.05, 4.69) is 57.8 Å². The topological polar surface area (TPSA) is 184 Å². The molecule has 3 fully saturated rings. The molecule has 2 amide bonds. The molecular weight excluding hydrogens is 691 g/mol. The van der Waals surface area contributed by atoms with Crippen LogP contribution in [-0.2, 0) is 9.59 Å². The molecule has 8 heterocycles. The second-order valence-electron chi connectivity index (χ2n) is 13.6. The van der Waals surface area contributed by atoms with E-state index < -0.39 is 0 Å². The van der Waals surface area contributed by atoms with Gasteiger partial charge in [-0.25, -0.2) is 9.50 Å². The molecule has 268 valence electrons. The Morgan fingerprint density at radius 1 is 0.906 bits per heavy atom. The Hall–Kier alpha value is -5.97. The Labute approximate surface area is 309 Å². The van der Waals surface area contributed by atoms with E-state index in [9.17, 15) is 20.1 Å². The first-order chi connectivity index (χ1) is 25.9. The molecule has 0 aromatic carbocycles. The summed E-state index contributed by atoms with van der Waals surface area (Å²) in [6.45, 7) is 6.75. The van der Waals surface area contributed by atoms with E-state index in [1.165, 1.54) is 17.5 Å². The zero-order valence-corrected chi connectivity index (χ0v) is 29.8. The van der Waals surface area contributed by atoms with Gasteiger partial charge >= 0.3 is 0 Å². The van der Waals surface area contributed by atoms with Gasteiger partial charge in [0.1, 0.15) is 18.4 Å². The van der Waals surface area contributed by atoms with Crippen LogP contribution in [0.15, 0.2) is 55.0 Å². The normalized spacial score (nSPS) is 18.5. The number of rotatable bonds is 9. The maximum atomic E-state index is 12.3. The minimum absolute atomic E-state index is 0.123. The molecule has 1 unspecified atom stereocenters. The molecule has 1 atom stereocenters. The zero-order chi connectivity index (χ0) is 36.3. The number of nitrogens with zero attached hydrogens (tertiary/aromatic N) is 11. The molecule has 5 aromatic heterocycles. The van der Waals surface area contributed by atoms with Crippen LogP contribution in [0, 0.1) is 28.6 Å². The lowest BCUT2D eigenvalue weighted by Gasteiger charge is -2.39. The van der Waals surface area contributed by atoms with Gasteiger partial charge in [0, 0.05) is 70.3 Å². The highest BCUT2D eigenvalue weighted by atomic mass is 32.1. The van der Waals surface area contributed by atoms with Crippen LogP contribution in [0.5, 0.6) is 0 Å². The monoisotopic (exact) mass is 727 g/mol. The maximum absolute atomic E-state index is 12.3. The predicted octanol–water partition coefficient (Wildman–Crippen LogP) is 3.68. The molecule has 2 N–H and O–H groups in total. The third kappa shape index (κ3) is 7.24. The highest BCUT2D eigenvalue weighted by Crippen LogP contribution is 2.36. The molecule has 53 heavy (non-hydrogen) atoms. The molecule has 15 nitrogen and oxygen atoms in total. The number of aromatic nitrogens is 6. The highest BCUT2D eigenvalue weighted by Gasteiger charge is 2.29. The first-order valence-electron chi connectivity index (χ1n) is 17.8. The average molecular weight is 728 g/mol. The van der Waals surface area contributed by atoms with Gasteiger partial charge in [-0.05, 0) is 61.1 Å². The summed E-state index contributed by atoms with van der Waals surface area (Å²) in [5.41, 5.74) is 5.10. The van der Waals surface area contributed by atoms with Crippen molar-refractivity contribution >= 4 is 45.3 Å². The summed E-state index contributed by atoms with van der Waals surface area (Å²) in [6.07, 6.45) is 8.18. The smallest absolute Gasteiger partial charge is 0.234 e. The van der Waals surface area contributed by atoms with E-state index in [1.807, 2.05) is 30.3 Å². The number of anilines is 3. The van der Waals surface area contributed by atoms with Crippen LogP contribution in [0.4, 0.5) is 16.6 Å². The van der Waals surface area contributed by atoms with Crippen molar-refractivity contribution in [3.63, 3.8) is 0 Å². The maximum Gasteiger partial charge on any atom is 0.234 e. The molecule has 3 aliphatic rings. The lowest BCUT2D eigenvalue weighted by atomic mass is 9.91. The van der Waals surface area contributed by atoms with Crippen LogP contribution in [-0.4, -0.2) is 98.9 Å². The van der Waals surface area contributed by atoms with Crippen molar-refractivity contribution in [1.29, 1.82) is 10.5 Å². The molecule has 8 rings (SSSR count). The number of carbonyl (C=O) groups is 2. The first kappa shape index (κ1) is 34.1. The summed E-state index contributed by atoms with van der Waals surface area (Å²) in [6, 6.07) is 15.7. The Morgan fingerprint density at radius 2 is 1.75 bits per heavy atom. The number of hydrogen-bond acceptors (Lipinski definition) is 14. The van der Waals surface area contributed by atoms with Crippen molar-refractivity contribution in [2.24, 2.45) is 5.92 Å². The summed E-state index contributed by atoms with van der Waals surface area (Å²) in [4.78, 5) is 40.4. The molecule has 0 radical (unpaired) electrons. The van der Waals surface area contributed by atoms with E-state index in [0.29, 0.717) is 30.0 Å². The predicted molar refractivity (Wildman–Crippen MR) is 199 cm³/mol. The average Bonchev–Trinajstić information content (AvgIpc) is 3.86. The highest BCUT2D eigenvalue weighted by molar-refractivity contribution is 7.18. The van der Waals surface area contributed by atoms with E-state index in [-0.39, 0.29) is 24.3 Å². The van der Waals surface area contributed by atoms with Crippen LogP contribution in [0.2, 0.25) is 0 Å². The number of piperazine rings is 1. The molecule has 3 aliphatic heterocycles. The number of imide groups is 1. The second-order valence-corrected chi connectivity index (χ2v) is 14.6. The van der Waals surface area contributed by atoms with Gasteiger partial charge < -0.3 is 15.1 Å². The number of nitriles is 2. The Kier molecular flexibility index (Phi) is 9.62. The molecule has 0 spiro atoms. The van der Waals surface area contributed by atoms with Crippen LogP contribution in [0.1, 0.15) is 42.7 Å². The molecule has 0 bridgehead atoms. The van der Waals surface area contributed by atoms with Crippen LogP contribution in [0.3, 0.4) is 0 Å². The van der Waals surface area contributed by atoms with E-state index in [1.54, 1.807) is 23.0 Å². The zero-order valence-electron chi connectivity index (χ0n) is 29.0. The molecular formula is C37H37N13O2S. The third-order valence-electron chi connectivity index (χ3n) is 10.3. The van der Waals surface area contributed by atoms with Crippen molar-refractivity contribution in [3.05, 3.63) is 66.1 Å². The van der Waals surface area contributed by atoms with Gasteiger partial charge in [-0.1, -0.05) is 17.4 Å². The van der Waals surface area contributed by atoms with Crippen molar-refractivity contribution in [1.82, 2.24) is 40.0 Å². The fourth-order valence-corrected chi connectivity index (χ4v) is 8.31. The number of hydrogen-bond donors (Lipinski definition) is 2. The Bertz CT molecular complexity index is 2220. The largest absolute Gasteiger partial charge is 0.372 e. The summed E-state index contributed by atoms with van der Waals surface area (Å²) in [5, 5.41) is 39.3. The molecule has 5 aromatic rings. The van der Waals surface area contributed by atoms with Gasteiger partial charge in [0.2, 0.25) is 16.9 Å². The van der Waals surface area contributed by atoms with E-state index in [0.717, 1.165) is 103 Å². The summed E-state index contributed by atoms with van der Waals surface area (Å²) >= 11 is 1.52. The molecule has 3 saturated heterocycles. The molecule has 0 saturated carbocycles. The van der Waals surface area contributed by atoms with Crippen LogP contribution < -0.4 is 20.4 Å². The van der Waals surface area contributed by atoms with Gasteiger partial charge in [-0.15, -0.1) is 10.2 Å². The van der Waals surface area contributed by atoms with Crippen molar-refractivity contribution in [2.75, 3.05) is 67.5 Å². The van der Waals surface area contributed by atoms with Crippen molar-refractivity contribution in [2.45, 2.75) is 31.6 Å². The second kappa shape index (κ2) is 14.9. The number of nitrogens with one attached hydrogen (secondary N) is 2. The summed E-state index contributed by atoms with van der Waals surface area (Å²) in [5.74, 6) is 0.811. The summed E-state index contributed by atoms with van der Waals surface area (Å²) < 4.78 is 1.74. The van der Waals surface area contributed by atoms with Crippen molar-refractivity contribution < 1.29 is 9.59 Å². The van der Waals surface area contributed by atoms with Gasteiger partial charge in [0.25, 0.3) is 0 Å². The minimum Gasteiger partial charge on any atom is -0.372 e. The summed E-state index contributed by atoms with van der Waals surface area (Å²) in [7, 11) is 0. The Balaban J connectivity index is 0.852. The number of pyridine rings is 2. The van der Waals surface area contributed by atoms with E-state index in [4.69, 9.17) is 4.98 Å². The number of piperidine rings is 2. The number of fused-ring (bicyclic) bond motifs is 1. The van der Waals surface area contributed by atoms with Crippen LogP contribution in [0.25, 0.3) is 27.5 Å². The van der Waals surface area contributed by atoms with Gasteiger partial charge in [-0.2, -0.15) is 15.6 Å². The van der Waals surface area contributed by atoms with Crippen molar-refractivity contribution in [3.8, 4) is 34.1 Å². The SMILES string of the molecule is N#CCNc1cc(-c2ccc3cc(C#N)cnn23)ncc1-c1nnc(N2CCN(CC3CCN(c4ccc(C5CCC(=O)NC5=O)cn4)CC3)CC2)s1. The first-order valence-corrected chi connectivity index (χ1v) is 18.6. The van der Waals surface area contributed by atoms with Gasteiger partial charge in [0.05, 0.1) is 46.2 Å². The van der Waals surface area contributed by atoms with Gasteiger partial charge in [0.15, 0.2) is 5.01 Å². The number of carbonyl (C=O) groups excluding carboxylic acids is 2. The molecule has 0 aliphatic carbocycles. The Morgan fingerprint density at radius 3 is 2.51 bits per heavy atom. The lowest BCUT2D eigenvalue weighted by Crippen LogP contribution is -2.49.